The number of nitrogens with zero attached hydrogens (tertiary/aromatic N) is 1. The van der Waals surface area contributed by atoms with Crippen molar-refractivity contribution in [3.05, 3.63) is 287 Å². The van der Waals surface area contributed by atoms with Crippen molar-refractivity contribution < 1.29 is 111 Å². The number of phosphoric acid groups is 4. The van der Waals surface area contributed by atoms with Crippen LogP contribution in [0.25, 0.3) is 0 Å². The first-order valence-electron chi connectivity index (χ1n) is 46.4. The highest BCUT2D eigenvalue weighted by Crippen LogP contribution is 2.63. The fraction of sp³-hybridized carbons (Fsp3) is 0.495. The van der Waals surface area contributed by atoms with E-state index in [9.17, 15) is 14.9 Å². The van der Waals surface area contributed by atoms with E-state index in [1.165, 1.54) is 89.9 Å². The summed E-state index contributed by atoms with van der Waals surface area (Å²) < 4.78 is 186. The molecule has 0 radical (unpaired) electrons. The minimum absolute atomic E-state index is 0.0776. The zero-order valence-corrected chi connectivity index (χ0v) is 79.2. The molecular formula is C101H135NO24P4. The zero-order chi connectivity index (χ0) is 91.5. The van der Waals surface area contributed by atoms with Crippen LogP contribution in [-0.2, 0) is 163 Å². The second kappa shape index (κ2) is 62.9. The number of ether oxygens (including phenoxy) is 6. The maximum absolute atomic E-state index is 16.9. The first kappa shape index (κ1) is 106. The zero-order valence-electron chi connectivity index (χ0n) is 75.7. The molecule has 8 aromatic carbocycles. The van der Waals surface area contributed by atoms with Gasteiger partial charge < -0.3 is 28.4 Å². The number of carbonyl (C=O) groups is 2. The predicted molar refractivity (Wildman–Crippen MR) is 498 cm³/mol. The van der Waals surface area contributed by atoms with E-state index in [0.29, 0.717) is 70.2 Å². The molecule has 1 aliphatic rings. The lowest BCUT2D eigenvalue weighted by Gasteiger charge is -2.49. The summed E-state index contributed by atoms with van der Waals surface area (Å²) in [5.41, 5.74) is 4.29. The molecule has 0 aliphatic heterocycles. The van der Waals surface area contributed by atoms with Crippen molar-refractivity contribution in [2.24, 2.45) is 0 Å². The lowest BCUT2D eigenvalue weighted by atomic mass is 9.84. The van der Waals surface area contributed by atoms with Gasteiger partial charge in [-0.15, -0.1) is 0 Å². The van der Waals surface area contributed by atoms with Crippen molar-refractivity contribution in [1.82, 2.24) is 0 Å². The standard InChI is InChI=1S/C101H135NO24P4/c1-3-5-7-9-11-13-15-17-19-21-23-25-51-70-93(103)121-95(122-94(104)71-52-26-24-22-20-18-16-14-12-10-8-6-4-2)82-120-127(105,113-73-53-72-102)123-98-96(111-83-109-74-85-54-35-27-36-55-85)99(124-128(106,114-76-87-58-39-29-40-59-87)115-77-88-60-41-30-42-61-88)101(126-130(108,118-80-91-66-47-33-48-67-91)119-81-92-68-49-34-50-69-92)100(97(98)112-84-110-75-86-56-37-28-38-57-86)125-129(107,116-78-89-62-43-31-44-63-89)117-79-90-64-45-32-46-65-90/h27-50,54-69,95-101H,3-26,51-53,70-71,73-84H2,1-2H3/t96-,97-,98?,99-,100+,101?,127?/m0/s1. The van der Waals surface area contributed by atoms with Crippen molar-refractivity contribution in [2.75, 3.05) is 26.8 Å². The highest BCUT2D eigenvalue weighted by atomic mass is 31.2. The minimum Gasteiger partial charge on any atom is -0.423 e. The number of esters is 2. The Bertz CT molecular complexity index is 4200. The number of benzene rings is 8. The van der Waals surface area contributed by atoms with Crippen LogP contribution in [0.3, 0.4) is 0 Å². The van der Waals surface area contributed by atoms with Gasteiger partial charge in [0.2, 0.25) is 0 Å². The van der Waals surface area contributed by atoms with Crippen molar-refractivity contribution in [2.45, 2.75) is 296 Å². The van der Waals surface area contributed by atoms with E-state index in [1.807, 2.05) is 66.7 Å². The fourth-order valence-electron chi connectivity index (χ4n) is 14.5. The molecule has 0 saturated heterocycles. The Morgan fingerprint density at radius 2 is 0.500 bits per heavy atom. The highest BCUT2D eigenvalue weighted by molar-refractivity contribution is 7.49. The van der Waals surface area contributed by atoms with Gasteiger partial charge in [0.15, 0.2) is 0 Å². The normalized spacial score (nSPS) is 16.4. The summed E-state index contributed by atoms with van der Waals surface area (Å²) in [4.78, 5) is 28.6. The molecular weight excluding hydrogens is 1730 g/mol. The van der Waals surface area contributed by atoms with Gasteiger partial charge in [0, 0.05) is 12.8 Å². The van der Waals surface area contributed by atoms with Crippen LogP contribution in [0.5, 0.6) is 0 Å². The smallest absolute Gasteiger partial charge is 0.423 e. The molecule has 0 aromatic heterocycles. The molecule has 9 rings (SSSR count). The van der Waals surface area contributed by atoms with E-state index in [1.54, 1.807) is 182 Å². The lowest BCUT2D eigenvalue weighted by Crippen LogP contribution is -2.67. The fourth-order valence-corrected chi connectivity index (χ4v) is 19.9. The summed E-state index contributed by atoms with van der Waals surface area (Å²) in [6.45, 7) is -1.78. The summed E-state index contributed by atoms with van der Waals surface area (Å²) in [6, 6.07) is 72.3. The molecule has 3 unspecified atom stereocenters. The molecule has 29 heteroatoms. The summed E-state index contributed by atoms with van der Waals surface area (Å²) in [7, 11) is -21.8. The molecule has 7 atom stereocenters. The largest absolute Gasteiger partial charge is 0.475 e. The number of hydrogen-bond donors (Lipinski definition) is 0. The van der Waals surface area contributed by atoms with Gasteiger partial charge in [-0.25, -0.2) is 18.3 Å². The Hall–Kier alpha value is -7.53. The molecule has 1 fully saturated rings. The third kappa shape index (κ3) is 42.8. The van der Waals surface area contributed by atoms with Gasteiger partial charge in [-0.1, -0.05) is 411 Å². The number of phosphoric ester groups is 4. The Morgan fingerprint density at radius 1 is 0.285 bits per heavy atom. The Morgan fingerprint density at radius 3 is 0.746 bits per heavy atom. The first-order valence-corrected chi connectivity index (χ1v) is 52.2. The molecule has 708 valence electrons. The number of rotatable bonds is 72. The van der Waals surface area contributed by atoms with Crippen LogP contribution in [0, 0.1) is 11.3 Å². The van der Waals surface area contributed by atoms with E-state index in [-0.39, 0.29) is 26.1 Å². The van der Waals surface area contributed by atoms with Crippen LogP contribution in [0.1, 0.15) is 245 Å². The molecule has 130 heavy (non-hydrogen) atoms. The molecule has 1 saturated carbocycles. The molecule has 25 nitrogen and oxygen atoms in total. The second-order valence-corrected chi connectivity index (χ2v) is 38.7. The predicted octanol–water partition coefficient (Wildman–Crippen LogP) is 26.7. The maximum Gasteiger partial charge on any atom is 0.475 e. The third-order valence-corrected chi connectivity index (χ3v) is 27.2. The Kier molecular flexibility index (Phi) is 51.3. The summed E-state index contributed by atoms with van der Waals surface area (Å²) in [6.07, 6.45) is 11.8. The van der Waals surface area contributed by atoms with Crippen LogP contribution < -0.4 is 0 Å². The maximum atomic E-state index is 16.9. The second-order valence-electron chi connectivity index (χ2n) is 32.2. The molecule has 1 aliphatic carbocycles. The Balaban J connectivity index is 1.19. The summed E-state index contributed by atoms with van der Waals surface area (Å²) in [5.74, 6) is -1.50. The monoisotopic (exact) mass is 1870 g/mol. The third-order valence-electron chi connectivity index (χ3n) is 21.6. The number of carbonyl (C=O) groups excluding carboxylic acids is 2. The first-order chi connectivity index (χ1) is 63.6. The quantitative estimate of drug-likeness (QED) is 0.0148. The van der Waals surface area contributed by atoms with Crippen LogP contribution in [0.4, 0.5) is 0 Å². The van der Waals surface area contributed by atoms with Crippen molar-refractivity contribution >= 4 is 43.2 Å². The van der Waals surface area contributed by atoms with Crippen molar-refractivity contribution in [3.63, 3.8) is 0 Å². The summed E-state index contributed by atoms with van der Waals surface area (Å²) in [5, 5.41) is 10.3. The van der Waals surface area contributed by atoms with E-state index < -0.39 is 159 Å². The summed E-state index contributed by atoms with van der Waals surface area (Å²) >= 11 is 0. The molecule has 8 aromatic rings. The average molecular weight is 1870 g/mol. The minimum atomic E-state index is -5.62. The lowest BCUT2D eigenvalue weighted by molar-refractivity contribution is -0.264. The molecule has 0 heterocycles. The molecule has 0 spiro atoms. The van der Waals surface area contributed by atoms with Crippen LogP contribution in [-0.4, -0.2) is 81.7 Å². The SMILES string of the molecule is CCCCCCCCCCCCCCCC(=O)OC(COP(=O)(OCCC#N)OC1[C@H](OCOCc2ccccc2)[C@H](OP(=O)(OCc2ccccc2)OCc2ccccc2)C(OP(=O)(OCc2ccccc2)OCc2ccccc2)[C@H](OP(=O)(OCc2ccccc2)OCc2ccccc2)[C@H]1OCOCc1ccccc1)OC(=O)CCCCCCCCCCCCCCC. The number of hydrogen-bond acceptors (Lipinski definition) is 25. The van der Waals surface area contributed by atoms with Crippen molar-refractivity contribution in [3.8, 4) is 6.07 Å². The average Bonchev–Trinajstić information content (AvgIpc) is 0.740. The number of nitriles is 1. The molecule has 0 N–H and O–H groups in total. The molecule has 0 amide bonds. The van der Waals surface area contributed by atoms with Gasteiger partial charge in [0.25, 0.3) is 6.29 Å². The topological polar surface area (TPSA) is 292 Å². The van der Waals surface area contributed by atoms with E-state index in [2.05, 4.69) is 13.8 Å². The van der Waals surface area contributed by atoms with E-state index in [4.69, 9.17) is 82.7 Å². The molecule has 0 bridgehead atoms. The van der Waals surface area contributed by atoms with Gasteiger partial charge in [0.05, 0.1) is 72.0 Å². The van der Waals surface area contributed by atoms with Crippen LogP contribution >= 0.6 is 31.3 Å². The van der Waals surface area contributed by atoms with Gasteiger partial charge in [-0.2, -0.15) is 5.26 Å². The van der Waals surface area contributed by atoms with Gasteiger partial charge in [-0.3, -0.25) is 63.9 Å². The van der Waals surface area contributed by atoms with Gasteiger partial charge in [0.1, 0.15) is 56.8 Å². The van der Waals surface area contributed by atoms with Gasteiger partial charge in [-0.05, 0) is 57.3 Å². The van der Waals surface area contributed by atoms with E-state index >= 15 is 18.3 Å². The van der Waals surface area contributed by atoms with Crippen LogP contribution in [0.2, 0.25) is 0 Å². The van der Waals surface area contributed by atoms with Crippen molar-refractivity contribution in [1.29, 1.82) is 5.26 Å². The van der Waals surface area contributed by atoms with E-state index in [0.717, 1.165) is 51.4 Å². The Labute approximate surface area is 770 Å². The van der Waals surface area contributed by atoms with Gasteiger partial charge >= 0.3 is 43.2 Å². The highest BCUT2D eigenvalue weighted by Gasteiger charge is 2.63. The number of unbranched alkanes of at least 4 members (excludes halogenated alkanes) is 24. The van der Waals surface area contributed by atoms with Crippen LogP contribution in [0.15, 0.2) is 243 Å².